The van der Waals surface area contributed by atoms with Gasteiger partial charge < -0.3 is 10.4 Å². The SMILES string of the molecule is CCc1c(C)nn(CCNC(=O)C2CC(c3ccc(O)cc3)NN2)c1C. The molecule has 7 heteroatoms. The highest BCUT2D eigenvalue weighted by Gasteiger charge is 2.29. The van der Waals surface area contributed by atoms with E-state index in [-0.39, 0.29) is 23.7 Å². The molecule has 26 heavy (non-hydrogen) atoms. The molecule has 2 atom stereocenters. The van der Waals surface area contributed by atoms with Gasteiger partial charge in [0.1, 0.15) is 11.8 Å². The molecule has 2 aromatic rings. The summed E-state index contributed by atoms with van der Waals surface area (Å²) in [6.07, 6.45) is 1.64. The van der Waals surface area contributed by atoms with Crippen LogP contribution < -0.4 is 16.2 Å². The van der Waals surface area contributed by atoms with Crippen LogP contribution in [0.1, 0.15) is 41.9 Å². The van der Waals surface area contributed by atoms with Gasteiger partial charge in [0.2, 0.25) is 5.91 Å². The molecule has 2 heterocycles. The van der Waals surface area contributed by atoms with Gasteiger partial charge in [0.05, 0.1) is 12.2 Å². The Morgan fingerprint density at radius 1 is 1.31 bits per heavy atom. The lowest BCUT2D eigenvalue weighted by atomic mass is 10.0. The van der Waals surface area contributed by atoms with Crippen LogP contribution in [0.25, 0.3) is 0 Å². The number of aromatic nitrogens is 2. The van der Waals surface area contributed by atoms with Crippen LogP contribution >= 0.6 is 0 Å². The van der Waals surface area contributed by atoms with E-state index in [0.29, 0.717) is 19.5 Å². The second-order valence-corrected chi connectivity index (χ2v) is 6.74. The Bertz CT molecular complexity index is 769. The zero-order valence-corrected chi connectivity index (χ0v) is 15.5. The number of nitrogens with one attached hydrogen (secondary N) is 3. The van der Waals surface area contributed by atoms with E-state index < -0.39 is 0 Å². The van der Waals surface area contributed by atoms with Crippen LogP contribution in [0.5, 0.6) is 5.75 Å². The van der Waals surface area contributed by atoms with E-state index in [2.05, 4.69) is 35.1 Å². The van der Waals surface area contributed by atoms with Gasteiger partial charge in [0.25, 0.3) is 0 Å². The summed E-state index contributed by atoms with van der Waals surface area (Å²) in [5, 5.41) is 16.9. The molecule has 4 N–H and O–H groups in total. The molecule has 0 bridgehead atoms. The van der Waals surface area contributed by atoms with Gasteiger partial charge in [-0.05, 0) is 49.9 Å². The van der Waals surface area contributed by atoms with E-state index in [1.807, 2.05) is 23.7 Å². The monoisotopic (exact) mass is 357 g/mol. The van der Waals surface area contributed by atoms with Crippen LogP contribution in [0.4, 0.5) is 0 Å². The number of amides is 1. The van der Waals surface area contributed by atoms with Crippen molar-refractivity contribution in [3.63, 3.8) is 0 Å². The molecule has 1 aliphatic rings. The van der Waals surface area contributed by atoms with E-state index >= 15 is 0 Å². The third-order valence-electron chi connectivity index (χ3n) is 5.02. The van der Waals surface area contributed by atoms with Gasteiger partial charge in [0.15, 0.2) is 0 Å². The van der Waals surface area contributed by atoms with Gasteiger partial charge in [-0.3, -0.25) is 9.48 Å². The highest BCUT2D eigenvalue weighted by atomic mass is 16.3. The van der Waals surface area contributed by atoms with Crippen molar-refractivity contribution in [3.8, 4) is 5.75 Å². The average molecular weight is 357 g/mol. The molecular formula is C19H27N5O2. The van der Waals surface area contributed by atoms with Crippen LogP contribution in [0.15, 0.2) is 24.3 Å². The lowest BCUT2D eigenvalue weighted by Crippen LogP contribution is -2.44. The second-order valence-electron chi connectivity index (χ2n) is 6.74. The number of aryl methyl sites for hydroxylation is 1. The normalized spacial score (nSPS) is 19.7. The molecule has 1 aromatic heterocycles. The first kappa shape index (κ1) is 18.4. The molecule has 2 unspecified atom stereocenters. The number of phenolic OH excluding ortho intramolecular Hbond substituents is 1. The van der Waals surface area contributed by atoms with Crippen LogP contribution in [0.3, 0.4) is 0 Å². The van der Waals surface area contributed by atoms with Crippen molar-refractivity contribution in [2.75, 3.05) is 6.54 Å². The van der Waals surface area contributed by atoms with Crippen LogP contribution in [-0.4, -0.2) is 33.4 Å². The minimum atomic E-state index is -0.277. The number of carbonyl (C=O) groups excluding carboxylic acids is 1. The Morgan fingerprint density at radius 3 is 2.69 bits per heavy atom. The van der Waals surface area contributed by atoms with Crippen molar-refractivity contribution in [3.05, 3.63) is 46.8 Å². The highest BCUT2D eigenvalue weighted by Crippen LogP contribution is 2.23. The maximum Gasteiger partial charge on any atom is 0.238 e. The van der Waals surface area contributed by atoms with Crippen LogP contribution in [-0.2, 0) is 17.8 Å². The van der Waals surface area contributed by atoms with E-state index in [1.54, 1.807) is 12.1 Å². The fourth-order valence-electron chi connectivity index (χ4n) is 3.52. The minimum Gasteiger partial charge on any atom is -0.508 e. The van der Waals surface area contributed by atoms with Crippen molar-refractivity contribution < 1.29 is 9.90 Å². The standard InChI is InChI=1S/C19H27N5O2/c1-4-16-12(2)23-24(13(16)3)10-9-20-19(26)18-11-17(21-22-18)14-5-7-15(25)8-6-14/h5-8,17-18,21-22,25H,4,9-11H2,1-3H3,(H,20,26). The molecule has 0 aliphatic carbocycles. The molecule has 0 radical (unpaired) electrons. The Kier molecular flexibility index (Phi) is 5.58. The number of nitrogens with zero attached hydrogens (tertiary/aromatic N) is 2. The van der Waals surface area contributed by atoms with Gasteiger partial charge in [-0.15, -0.1) is 0 Å². The first-order valence-electron chi connectivity index (χ1n) is 9.10. The molecule has 1 aliphatic heterocycles. The van der Waals surface area contributed by atoms with Crippen LogP contribution in [0, 0.1) is 13.8 Å². The topological polar surface area (TPSA) is 91.2 Å². The number of aromatic hydroxyl groups is 1. The van der Waals surface area contributed by atoms with E-state index in [4.69, 9.17) is 0 Å². The molecule has 3 rings (SSSR count). The summed E-state index contributed by atoms with van der Waals surface area (Å²) in [6, 6.07) is 6.81. The summed E-state index contributed by atoms with van der Waals surface area (Å²) >= 11 is 0. The van der Waals surface area contributed by atoms with Crippen molar-refractivity contribution in [2.24, 2.45) is 0 Å². The maximum atomic E-state index is 12.4. The molecular weight excluding hydrogens is 330 g/mol. The van der Waals surface area contributed by atoms with Crippen molar-refractivity contribution in [2.45, 2.75) is 52.2 Å². The summed E-state index contributed by atoms with van der Waals surface area (Å²) in [4.78, 5) is 12.4. The molecule has 140 valence electrons. The number of hydrogen-bond acceptors (Lipinski definition) is 5. The molecule has 1 saturated heterocycles. The first-order chi connectivity index (χ1) is 12.5. The first-order valence-corrected chi connectivity index (χ1v) is 9.10. The molecule has 1 aromatic carbocycles. The average Bonchev–Trinajstić information content (AvgIpc) is 3.21. The Morgan fingerprint density at radius 2 is 2.04 bits per heavy atom. The third kappa shape index (κ3) is 3.89. The summed E-state index contributed by atoms with van der Waals surface area (Å²) in [5.41, 5.74) is 10.8. The van der Waals surface area contributed by atoms with E-state index in [9.17, 15) is 9.90 Å². The number of hydrazine groups is 1. The highest BCUT2D eigenvalue weighted by molar-refractivity contribution is 5.82. The van der Waals surface area contributed by atoms with Gasteiger partial charge in [-0.25, -0.2) is 10.9 Å². The molecule has 7 nitrogen and oxygen atoms in total. The fourth-order valence-corrected chi connectivity index (χ4v) is 3.52. The third-order valence-corrected chi connectivity index (χ3v) is 5.02. The minimum absolute atomic E-state index is 0.0176. The van der Waals surface area contributed by atoms with Crippen LogP contribution in [0.2, 0.25) is 0 Å². The summed E-state index contributed by atoms with van der Waals surface area (Å²) in [5.74, 6) is 0.223. The molecule has 1 fully saturated rings. The predicted octanol–water partition coefficient (Wildman–Crippen LogP) is 1.49. The van der Waals surface area contributed by atoms with E-state index in [0.717, 1.165) is 17.7 Å². The Balaban J connectivity index is 1.49. The Labute approximate surface area is 153 Å². The second kappa shape index (κ2) is 7.88. The molecule has 1 amide bonds. The maximum absolute atomic E-state index is 12.4. The summed E-state index contributed by atoms with van der Waals surface area (Å²) in [6.45, 7) is 7.45. The smallest absolute Gasteiger partial charge is 0.238 e. The van der Waals surface area contributed by atoms with Crippen molar-refractivity contribution in [1.82, 2.24) is 25.9 Å². The number of carbonyl (C=O) groups is 1. The van der Waals surface area contributed by atoms with E-state index in [1.165, 1.54) is 11.3 Å². The zero-order valence-electron chi connectivity index (χ0n) is 15.5. The quantitative estimate of drug-likeness (QED) is 0.629. The number of hydrogen-bond donors (Lipinski definition) is 4. The molecule has 0 saturated carbocycles. The molecule has 0 spiro atoms. The van der Waals surface area contributed by atoms with Crippen molar-refractivity contribution >= 4 is 5.91 Å². The zero-order chi connectivity index (χ0) is 18.7. The largest absolute Gasteiger partial charge is 0.508 e. The summed E-state index contributed by atoms with van der Waals surface area (Å²) < 4.78 is 1.97. The van der Waals surface area contributed by atoms with Crippen molar-refractivity contribution in [1.29, 1.82) is 0 Å². The lowest BCUT2D eigenvalue weighted by Gasteiger charge is -2.11. The van der Waals surface area contributed by atoms with Gasteiger partial charge in [-0.2, -0.15) is 5.10 Å². The number of phenols is 1. The summed E-state index contributed by atoms with van der Waals surface area (Å²) in [7, 11) is 0. The number of benzene rings is 1. The lowest BCUT2D eigenvalue weighted by molar-refractivity contribution is -0.122. The van der Waals surface area contributed by atoms with Gasteiger partial charge in [0, 0.05) is 18.3 Å². The Hall–Kier alpha value is -2.38. The predicted molar refractivity (Wildman–Crippen MR) is 99.6 cm³/mol. The van der Waals surface area contributed by atoms with Gasteiger partial charge >= 0.3 is 0 Å². The fraction of sp³-hybridized carbons (Fsp3) is 0.474. The number of rotatable bonds is 6. The van der Waals surface area contributed by atoms with Gasteiger partial charge in [-0.1, -0.05) is 19.1 Å².